The minimum absolute atomic E-state index is 0.210. The van der Waals surface area contributed by atoms with E-state index in [1.807, 2.05) is 0 Å². The molecule has 0 bridgehead atoms. The highest BCUT2D eigenvalue weighted by atomic mass is 16.4. The fourth-order valence-corrected chi connectivity index (χ4v) is 2.41. The fraction of sp³-hybridized carbons (Fsp3) is 0.643. The van der Waals surface area contributed by atoms with Crippen molar-refractivity contribution in [3.8, 4) is 0 Å². The van der Waals surface area contributed by atoms with Gasteiger partial charge in [0.1, 0.15) is 12.1 Å². The predicted molar refractivity (Wildman–Crippen MR) is 84.8 cm³/mol. The minimum atomic E-state index is -1.38. The number of hydrogen-bond acceptors (Lipinski definition) is 6. The average Bonchev–Trinajstić information content (AvgIpc) is 3.03. The molecule has 1 fully saturated rings. The monoisotopic (exact) mass is 357 g/mol. The van der Waals surface area contributed by atoms with Crippen LogP contribution in [-0.4, -0.2) is 59.4 Å². The maximum absolute atomic E-state index is 12.3. The lowest BCUT2D eigenvalue weighted by atomic mass is 10.1. The molecule has 0 aliphatic carbocycles. The number of amides is 4. The number of hydrogen-bond donors (Lipinski definition) is 6. The first-order valence-corrected chi connectivity index (χ1v) is 7.84. The molecule has 0 aromatic carbocycles. The molecule has 0 saturated carbocycles. The Hall–Kier alpha value is -2.69. The molecule has 1 heterocycles. The van der Waals surface area contributed by atoms with Gasteiger partial charge in [0.25, 0.3) is 0 Å². The second kappa shape index (κ2) is 9.57. The highest BCUT2D eigenvalue weighted by molar-refractivity contribution is 5.94. The van der Waals surface area contributed by atoms with Gasteiger partial charge in [0.05, 0.1) is 12.5 Å². The summed E-state index contributed by atoms with van der Waals surface area (Å²) in [6.45, 7) is 0.666. The molecule has 25 heavy (non-hydrogen) atoms. The quantitative estimate of drug-likeness (QED) is 0.239. The summed E-state index contributed by atoms with van der Waals surface area (Å²) in [5.41, 5.74) is 10.0. The highest BCUT2D eigenvalue weighted by Gasteiger charge is 2.30. The Morgan fingerprint density at radius 2 is 1.76 bits per heavy atom. The fourth-order valence-electron chi connectivity index (χ4n) is 2.41. The molecule has 0 radical (unpaired) electrons. The molecule has 0 aromatic heterocycles. The van der Waals surface area contributed by atoms with Gasteiger partial charge < -0.3 is 32.5 Å². The second-order valence-electron chi connectivity index (χ2n) is 5.78. The molecule has 0 aromatic rings. The van der Waals surface area contributed by atoms with Crippen LogP contribution < -0.4 is 27.4 Å². The largest absolute Gasteiger partial charge is 0.480 e. The molecule has 8 N–H and O–H groups in total. The van der Waals surface area contributed by atoms with Crippen LogP contribution in [0.4, 0.5) is 0 Å². The number of carbonyl (C=O) groups is 5. The molecule has 0 spiro atoms. The highest BCUT2D eigenvalue weighted by Crippen LogP contribution is 2.06. The van der Waals surface area contributed by atoms with Crippen LogP contribution in [-0.2, 0) is 24.0 Å². The van der Waals surface area contributed by atoms with Crippen molar-refractivity contribution >= 4 is 29.6 Å². The number of nitrogens with two attached hydrogens (primary N) is 2. The van der Waals surface area contributed by atoms with E-state index in [4.69, 9.17) is 16.6 Å². The van der Waals surface area contributed by atoms with Crippen molar-refractivity contribution in [3.63, 3.8) is 0 Å². The summed E-state index contributed by atoms with van der Waals surface area (Å²) in [6, 6.07) is -3.16. The van der Waals surface area contributed by atoms with E-state index in [2.05, 4.69) is 16.0 Å². The van der Waals surface area contributed by atoms with E-state index >= 15 is 0 Å². The molecule has 140 valence electrons. The Morgan fingerprint density at radius 1 is 1.08 bits per heavy atom. The van der Waals surface area contributed by atoms with E-state index in [0.717, 1.165) is 6.42 Å². The number of aliphatic carboxylic acids is 1. The molecular formula is C14H23N5O6. The van der Waals surface area contributed by atoms with Crippen molar-refractivity contribution < 1.29 is 29.1 Å². The Labute approximate surface area is 143 Å². The second-order valence-corrected chi connectivity index (χ2v) is 5.78. The molecule has 1 saturated heterocycles. The SMILES string of the molecule is NC(=O)CCC(NC(=O)C(CC(N)=O)NC(=O)C1CCCN1)C(=O)O. The van der Waals surface area contributed by atoms with E-state index in [-0.39, 0.29) is 12.8 Å². The number of rotatable bonds is 10. The summed E-state index contributed by atoms with van der Waals surface area (Å²) >= 11 is 0. The number of nitrogens with one attached hydrogen (secondary N) is 3. The number of carboxylic acids is 1. The van der Waals surface area contributed by atoms with Crippen molar-refractivity contribution in [3.05, 3.63) is 0 Å². The standard InChI is InChI=1S/C14H23N5O6/c15-10(20)4-3-8(14(24)25)18-13(23)9(6-11(16)21)19-12(22)7-2-1-5-17-7/h7-9,17H,1-6H2,(H2,15,20)(H2,16,21)(H,18,23)(H,19,22)(H,24,25). The first-order chi connectivity index (χ1) is 11.7. The van der Waals surface area contributed by atoms with E-state index in [1.165, 1.54) is 0 Å². The van der Waals surface area contributed by atoms with Crippen LogP contribution in [0.3, 0.4) is 0 Å². The maximum Gasteiger partial charge on any atom is 0.326 e. The maximum atomic E-state index is 12.3. The van der Waals surface area contributed by atoms with Gasteiger partial charge in [-0.15, -0.1) is 0 Å². The summed E-state index contributed by atoms with van der Waals surface area (Å²) in [5.74, 6) is -4.25. The average molecular weight is 357 g/mol. The Kier molecular flexibility index (Phi) is 7.79. The normalized spacial score (nSPS) is 18.8. The van der Waals surface area contributed by atoms with Gasteiger partial charge in [0.2, 0.25) is 23.6 Å². The van der Waals surface area contributed by atoms with E-state index in [9.17, 15) is 24.0 Å². The third-order valence-corrected chi connectivity index (χ3v) is 3.71. The van der Waals surface area contributed by atoms with Crippen LogP contribution >= 0.6 is 0 Å². The van der Waals surface area contributed by atoms with Gasteiger partial charge in [-0.2, -0.15) is 0 Å². The van der Waals surface area contributed by atoms with Crippen LogP contribution in [0.1, 0.15) is 32.1 Å². The van der Waals surface area contributed by atoms with E-state index in [0.29, 0.717) is 13.0 Å². The van der Waals surface area contributed by atoms with Gasteiger partial charge in [-0.25, -0.2) is 4.79 Å². The van der Waals surface area contributed by atoms with Crippen LogP contribution in [0.15, 0.2) is 0 Å². The Balaban J connectivity index is 2.72. The lowest BCUT2D eigenvalue weighted by Crippen LogP contribution is -2.55. The lowest BCUT2D eigenvalue weighted by Gasteiger charge is -2.22. The first-order valence-electron chi connectivity index (χ1n) is 7.84. The number of carbonyl (C=O) groups excluding carboxylic acids is 4. The van der Waals surface area contributed by atoms with Crippen molar-refractivity contribution in [2.24, 2.45) is 11.5 Å². The van der Waals surface area contributed by atoms with Gasteiger partial charge >= 0.3 is 5.97 Å². The van der Waals surface area contributed by atoms with Gasteiger partial charge in [-0.05, 0) is 25.8 Å². The van der Waals surface area contributed by atoms with Crippen LogP contribution in [0.5, 0.6) is 0 Å². The summed E-state index contributed by atoms with van der Waals surface area (Å²) in [4.78, 5) is 57.4. The molecule has 11 nitrogen and oxygen atoms in total. The summed E-state index contributed by atoms with van der Waals surface area (Å²) in [6.07, 6.45) is 0.465. The summed E-state index contributed by atoms with van der Waals surface area (Å²) < 4.78 is 0. The number of primary amides is 2. The predicted octanol–water partition coefficient (Wildman–Crippen LogP) is -3.07. The molecular weight excluding hydrogens is 334 g/mol. The smallest absolute Gasteiger partial charge is 0.326 e. The van der Waals surface area contributed by atoms with Gasteiger partial charge in [-0.3, -0.25) is 19.2 Å². The topological polar surface area (TPSA) is 194 Å². The Morgan fingerprint density at radius 3 is 2.24 bits per heavy atom. The molecule has 1 aliphatic rings. The summed E-state index contributed by atoms with van der Waals surface area (Å²) in [7, 11) is 0. The number of carboxylic acid groups (broad SMARTS) is 1. The molecule has 1 rings (SSSR count). The molecule has 11 heteroatoms. The molecule has 4 amide bonds. The van der Waals surface area contributed by atoms with Crippen molar-refractivity contribution in [1.29, 1.82) is 0 Å². The first kappa shape index (κ1) is 20.4. The summed E-state index contributed by atoms with van der Waals surface area (Å²) in [5, 5.41) is 16.6. The van der Waals surface area contributed by atoms with Crippen LogP contribution in [0, 0.1) is 0 Å². The third-order valence-electron chi connectivity index (χ3n) is 3.71. The zero-order chi connectivity index (χ0) is 19.0. The lowest BCUT2D eigenvalue weighted by molar-refractivity contribution is -0.142. The van der Waals surface area contributed by atoms with Crippen molar-refractivity contribution in [1.82, 2.24) is 16.0 Å². The zero-order valence-corrected chi connectivity index (χ0v) is 13.6. The molecule has 3 unspecified atom stereocenters. The molecule has 3 atom stereocenters. The molecule has 1 aliphatic heterocycles. The van der Waals surface area contributed by atoms with Crippen LogP contribution in [0.25, 0.3) is 0 Å². The van der Waals surface area contributed by atoms with E-state index in [1.54, 1.807) is 0 Å². The third kappa shape index (κ3) is 7.16. The van der Waals surface area contributed by atoms with E-state index < -0.39 is 54.1 Å². The van der Waals surface area contributed by atoms with Gasteiger partial charge in [0.15, 0.2) is 0 Å². The van der Waals surface area contributed by atoms with Crippen LogP contribution in [0.2, 0.25) is 0 Å². The zero-order valence-electron chi connectivity index (χ0n) is 13.6. The van der Waals surface area contributed by atoms with Gasteiger partial charge in [0, 0.05) is 6.42 Å². The minimum Gasteiger partial charge on any atom is -0.480 e. The van der Waals surface area contributed by atoms with Crippen molar-refractivity contribution in [2.45, 2.75) is 50.2 Å². The van der Waals surface area contributed by atoms with Gasteiger partial charge in [-0.1, -0.05) is 0 Å². The Bertz CT molecular complexity index is 546. The van der Waals surface area contributed by atoms with Crippen molar-refractivity contribution in [2.75, 3.05) is 6.54 Å².